The Labute approximate surface area is 109 Å². The summed E-state index contributed by atoms with van der Waals surface area (Å²) < 4.78 is 5.48. The van der Waals surface area contributed by atoms with Crippen LogP contribution in [0.1, 0.15) is 11.1 Å². The molecule has 4 heteroatoms. The van der Waals surface area contributed by atoms with E-state index in [1.165, 1.54) is 18.2 Å². The molecule has 2 aromatic rings. The van der Waals surface area contributed by atoms with Gasteiger partial charge >= 0.3 is 0 Å². The topological polar surface area (TPSA) is 69.9 Å². The molecule has 1 unspecified atom stereocenters. The number of phenolic OH excluding ortho intramolecular Hbond substituents is 1. The molecule has 0 saturated heterocycles. The number of hydrogen-bond acceptors (Lipinski definition) is 4. The number of aliphatic hydroxyl groups is 2. The van der Waals surface area contributed by atoms with E-state index in [1.807, 2.05) is 0 Å². The van der Waals surface area contributed by atoms with Crippen molar-refractivity contribution in [1.29, 1.82) is 0 Å². The first-order valence-corrected chi connectivity index (χ1v) is 5.81. The fourth-order valence-electron chi connectivity index (χ4n) is 2.06. The second-order valence-electron chi connectivity index (χ2n) is 4.36. The van der Waals surface area contributed by atoms with Crippen LogP contribution in [0, 0.1) is 0 Å². The van der Waals surface area contributed by atoms with Gasteiger partial charge in [0, 0.05) is 17.2 Å². The number of aliphatic hydroxyl groups excluding tert-OH is 1. The van der Waals surface area contributed by atoms with Crippen LogP contribution in [-0.2, 0) is 5.79 Å². The van der Waals surface area contributed by atoms with Gasteiger partial charge in [-0.15, -0.1) is 0 Å². The van der Waals surface area contributed by atoms with Crippen LogP contribution in [0.5, 0.6) is 11.5 Å². The first kappa shape index (κ1) is 11.6. The SMILES string of the molecule is OC1=Cc2ccc(O)cc2OC1(O)c1ccccc1. The summed E-state index contributed by atoms with van der Waals surface area (Å²) in [5, 5.41) is 30.0. The van der Waals surface area contributed by atoms with Crippen molar-refractivity contribution in [3.05, 3.63) is 65.4 Å². The van der Waals surface area contributed by atoms with E-state index in [4.69, 9.17) is 4.74 Å². The molecule has 96 valence electrons. The lowest BCUT2D eigenvalue weighted by Crippen LogP contribution is -2.37. The van der Waals surface area contributed by atoms with E-state index in [1.54, 1.807) is 36.4 Å². The fraction of sp³-hybridized carbons (Fsp3) is 0.0667. The highest BCUT2D eigenvalue weighted by atomic mass is 16.6. The van der Waals surface area contributed by atoms with Gasteiger partial charge in [0.15, 0.2) is 5.76 Å². The normalized spacial score (nSPS) is 21.2. The van der Waals surface area contributed by atoms with Crippen molar-refractivity contribution < 1.29 is 20.1 Å². The number of aromatic hydroxyl groups is 1. The zero-order chi connectivity index (χ0) is 13.5. The van der Waals surface area contributed by atoms with Crippen molar-refractivity contribution in [2.75, 3.05) is 0 Å². The highest BCUT2D eigenvalue weighted by molar-refractivity contribution is 5.64. The van der Waals surface area contributed by atoms with Crippen LogP contribution in [0.3, 0.4) is 0 Å². The van der Waals surface area contributed by atoms with Crippen LogP contribution in [0.25, 0.3) is 6.08 Å². The third-order valence-electron chi connectivity index (χ3n) is 3.06. The van der Waals surface area contributed by atoms with Crippen molar-refractivity contribution in [1.82, 2.24) is 0 Å². The monoisotopic (exact) mass is 256 g/mol. The molecule has 0 fully saturated rings. The average Bonchev–Trinajstić information content (AvgIpc) is 2.41. The zero-order valence-corrected chi connectivity index (χ0v) is 9.95. The molecule has 0 saturated carbocycles. The largest absolute Gasteiger partial charge is 0.508 e. The molecule has 0 spiro atoms. The number of benzene rings is 2. The molecule has 0 radical (unpaired) electrons. The van der Waals surface area contributed by atoms with Crippen molar-refractivity contribution in [2.45, 2.75) is 5.79 Å². The summed E-state index contributed by atoms with van der Waals surface area (Å²) in [6.45, 7) is 0. The Bertz CT molecular complexity index is 648. The van der Waals surface area contributed by atoms with Crippen LogP contribution in [0.15, 0.2) is 54.3 Å². The van der Waals surface area contributed by atoms with Crippen molar-refractivity contribution in [3.8, 4) is 11.5 Å². The summed E-state index contributed by atoms with van der Waals surface area (Å²) in [5.41, 5.74) is 1.01. The Hall–Kier alpha value is -2.46. The van der Waals surface area contributed by atoms with Gasteiger partial charge in [0.25, 0.3) is 5.79 Å². The molecule has 3 N–H and O–H groups in total. The Morgan fingerprint density at radius 3 is 2.42 bits per heavy atom. The molecular formula is C15H12O4. The molecule has 3 rings (SSSR count). The summed E-state index contributed by atoms with van der Waals surface area (Å²) in [6, 6.07) is 13.1. The minimum Gasteiger partial charge on any atom is -0.508 e. The highest BCUT2D eigenvalue weighted by Crippen LogP contribution is 2.40. The van der Waals surface area contributed by atoms with Gasteiger partial charge in [-0.25, -0.2) is 0 Å². The number of phenols is 1. The van der Waals surface area contributed by atoms with Gasteiger partial charge < -0.3 is 20.1 Å². The lowest BCUT2D eigenvalue weighted by molar-refractivity contribution is -0.139. The minimum absolute atomic E-state index is 0.0314. The maximum atomic E-state index is 10.5. The molecule has 1 atom stereocenters. The molecule has 2 aromatic carbocycles. The quantitative estimate of drug-likeness (QED) is 0.733. The summed E-state index contributed by atoms with van der Waals surface area (Å²) in [5.74, 6) is -1.88. The molecule has 0 bridgehead atoms. The van der Waals surface area contributed by atoms with E-state index in [2.05, 4.69) is 0 Å². The zero-order valence-electron chi connectivity index (χ0n) is 9.95. The Morgan fingerprint density at radius 1 is 0.947 bits per heavy atom. The van der Waals surface area contributed by atoms with Gasteiger partial charge in [0.05, 0.1) is 0 Å². The molecule has 1 heterocycles. The van der Waals surface area contributed by atoms with Gasteiger partial charge in [-0.05, 0) is 18.2 Å². The van der Waals surface area contributed by atoms with Crippen LogP contribution in [0.2, 0.25) is 0 Å². The molecule has 4 nitrogen and oxygen atoms in total. The standard InChI is InChI=1S/C15H12O4/c16-12-7-6-10-8-14(17)15(18,19-13(10)9-12)11-4-2-1-3-5-11/h1-9,16-18H. The summed E-state index contributed by atoms with van der Waals surface area (Å²) in [4.78, 5) is 0. The predicted molar refractivity (Wildman–Crippen MR) is 69.7 cm³/mol. The van der Waals surface area contributed by atoms with Gasteiger partial charge in [0.2, 0.25) is 0 Å². The van der Waals surface area contributed by atoms with Crippen molar-refractivity contribution in [3.63, 3.8) is 0 Å². The molecule has 19 heavy (non-hydrogen) atoms. The van der Waals surface area contributed by atoms with E-state index in [9.17, 15) is 15.3 Å². The van der Waals surface area contributed by atoms with E-state index in [0.717, 1.165) is 0 Å². The molecule has 0 aromatic heterocycles. The Morgan fingerprint density at radius 2 is 1.68 bits per heavy atom. The molecule has 1 aliphatic heterocycles. The van der Waals surface area contributed by atoms with Crippen LogP contribution >= 0.6 is 0 Å². The Balaban J connectivity index is 2.12. The van der Waals surface area contributed by atoms with Gasteiger partial charge in [-0.3, -0.25) is 0 Å². The van der Waals surface area contributed by atoms with Crippen LogP contribution in [0.4, 0.5) is 0 Å². The fourth-order valence-corrected chi connectivity index (χ4v) is 2.06. The third kappa shape index (κ3) is 1.82. The van der Waals surface area contributed by atoms with Crippen LogP contribution in [-0.4, -0.2) is 15.3 Å². The average molecular weight is 256 g/mol. The minimum atomic E-state index is -1.93. The highest BCUT2D eigenvalue weighted by Gasteiger charge is 2.40. The second-order valence-corrected chi connectivity index (χ2v) is 4.36. The third-order valence-corrected chi connectivity index (χ3v) is 3.06. The lowest BCUT2D eigenvalue weighted by atomic mass is 9.99. The van der Waals surface area contributed by atoms with E-state index in [0.29, 0.717) is 16.9 Å². The number of rotatable bonds is 1. The Kier molecular flexibility index (Phi) is 2.47. The van der Waals surface area contributed by atoms with E-state index >= 15 is 0 Å². The molecule has 1 aliphatic rings. The molecular weight excluding hydrogens is 244 g/mol. The van der Waals surface area contributed by atoms with E-state index < -0.39 is 5.79 Å². The van der Waals surface area contributed by atoms with Crippen LogP contribution < -0.4 is 4.74 Å². The molecule has 0 amide bonds. The maximum absolute atomic E-state index is 10.5. The predicted octanol–water partition coefficient (Wildman–Crippen LogP) is 2.53. The second kappa shape index (κ2) is 4.03. The van der Waals surface area contributed by atoms with Gasteiger partial charge in [-0.2, -0.15) is 0 Å². The van der Waals surface area contributed by atoms with Crippen molar-refractivity contribution >= 4 is 6.08 Å². The molecule has 0 aliphatic carbocycles. The van der Waals surface area contributed by atoms with Crippen molar-refractivity contribution in [2.24, 2.45) is 0 Å². The van der Waals surface area contributed by atoms with Gasteiger partial charge in [-0.1, -0.05) is 30.3 Å². The van der Waals surface area contributed by atoms with E-state index in [-0.39, 0.29) is 11.5 Å². The number of fused-ring (bicyclic) bond motifs is 1. The maximum Gasteiger partial charge on any atom is 0.293 e. The summed E-state index contributed by atoms with van der Waals surface area (Å²) in [7, 11) is 0. The smallest absolute Gasteiger partial charge is 0.293 e. The lowest BCUT2D eigenvalue weighted by Gasteiger charge is -2.32. The summed E-state index contributed by atoms with van der Waals surface area (Å²) >= 11 is 0. The van der Waals surface area contributed by atoms with Gasteiger partial charge in [0.1, 0.15) is 11.5 Å². The number of ether oxygens (including phenoxy) is 1. The number of hydrogen-bond donors (Lipinski definition) is 3. The first-order chi connectivity index (χ1) is 9.09. The summed E-state index contributed by atoms with van der Waals surface area (Å²) in [6.07, 6.45) is 1.42. The first-order valence-electron chi connectivity index (χ1n) is 5.81.